The predicted octanol–water partition coefficient (Wildman–Crippen LogP) is 5.79. The highest BCUT2D eigenvalue weighted by Crippen LogP contribution is 2.15. The average molecular weight is 913 g/mol. The highest BCUT2D eigenvalue weighted by molar-refractivity contribution is 5.78. The van der Waals surface area contributed by atoms with Gasteiger partial charge in [0.2, 0.25) is 35.4 Å². The lowest BCUT2D eigenvalue weighted by molar-refractivity contribution is -0.127. The zero-order valence-electron chi connectivity index (χ0n) is 40.5. The smallest absolute Gasteiger partial charge is 0.246 e. The minimum Gasteiger partial charge on any atom is -0.377 e. The molecule has 0 aromatic carbocycles. The quantitative estimate of drug-likeness (QED) is 0.0405. The van der Waals surface area contributed by atoms with Gasteiger partial charge in [0.25, 0.3) is 0 Å². The number of amides is 6. The number of ether oxygens (including phenoxy) is 4. The van der Waals surface area contributed by atoms with Crippen molar-refractivity contribution < 1.29 is 47.7 Å². The number of hydrogen-bond donors (Lipinski definition) is 6. The van der Waals surface area contributed by atoms with Crippen LogP contribution in [0.5, 0.6) is 0 Å². The van der Waals surface area contributed by atoms with Crippen LogP contribution in [0.3, 0.4) is 0 Å². The van der Waals surface area contributed by atoms with Crippen molar-refractivity contribution in [3.05, 3.63) is 0 Å². The molecule has 0 heterocycles. The van der Waals surface area contributed by atoms with Gasteiger partial charge < -0.3 is 50.8 Å². The summed E-state index contributed by atoms with van der Waals surface area (Å²) in [6.07, 6.45) is 24.7. The number of nitrogens with one attached hydrogen (secondary N) is 6. The SMILES string of the molecule is CCCCNC(=O)CCCNC(=O)COCCOCCNC(=O)COCCOCCNC(=O)CCCNC(=O)CCCNC(=O)CCCCCCCCCCCCCCCCC(C)C. The van der Waals surface area contributed by atoms with Crippen molar-refractivity contribution in [1.29, 1.82) is 0 Å². The summed E-state index contributed by atoms with van der Waals surface area (Å²) in [4.78, 5) is 71.6. The minimum absolute atomic E-state index is 0.00796. The van der Waals surface area contributed by atoms with Crippen molar-refractivity contribution in [3.63, 3.8) is 0 Å². The number of carbonyl (C=O) groups is 6. The summed E-state index contributed by atoms with van der Waals surface area (Å²) < 4.78 is 21.4. The Balaban J connectivity index is 3.44. The third kappa shape index (κ3) is 48.1. The van der Waals surface area contributed by atoms with Crippen molar-refractivity contribution in [2.24, 2.45) is 5.92 Å². The largest absolute Gasteiger partial charge is 0.377 e. The van der Waals surface area contributed by atoms with Crippen LogP contribution in [0, 0.1) is 5.92 Å². The second-order valence-electron chi connectivity index (χ2n) is 17.0. The van der Waals surface area contributed by atoms with Gasteiger partial charge in [0, 0.05) is 65.0 Å². The summed E-state index contributed by atoms with van der Waals surface area (Å²) in [7, 11) is 0. The molecule has 0 bridgehead atoms. The van der Waals surface area contributed by atoms with Crippen molar-refractivity contribution in [3.8, 4) is 0 Å². The van der Waals surface area contributed by atoms with Gasteiger partial charge in [-0.2, -0.15) is 0 Å². The molecule has 374 valence electrons. The highest BCUT2D eigenvalue weighted by Gasteiger charge is 2.07. The van der Waals surface area contributed by atoms with E-state index >= 15 is 0 Å². The minimum atomic E-state index is -0.284. The Bertz CT molecular complexity index is 1160. The first-order valence-corrected chi connectivity index (χ1v) is 25.0. The molecule has 0 aromatic heterocycles. The van der Waals surface area contributed by atoms with Crippen LogP contribution < -0.4 is 31.9 Å². The zero-order chi connectivity index (χ0) is 47.0. The van der Waals surface area contributed by atoms with E-state index in [1.807, 2.05) is 0 Å². The van der Waals surface area contributed by atoms with Crippen molar-refractivity contribution >= 4 is 35.4 Å². The van der Waals surface area contributed by atoms with Gasteiger partial charge in [0.15, 0.2) is 0 Å². The third-order valence-electron chi connectivity index (χ3n) is 10.3. The fourth-order valence-electron chi connectivity index (χ4n) is 6.54. The number of unbranched alkanes of at least 4 members (excludes halogenated alkanes) is 14. The molecule has 0 fully saturated rings. The average Bonchev–Trinajstić information content (AvgIpc) is 3.27. The number of rotatable bonds is 48. The summed E-state index contributed by atoms with van der Waals surface area (Å²) in [5, 5.41) is 16.7. The Labute approximate surface area is 387 Å². The van der Waals surface area contributed by atoms with E-state index in [0.29, 0.717) is 84.4 Å². The molecule has 0 aliphatic heterocycles. The second kappa shape index (κ2) is 47.6. The molecule has 0 saturated heterocycles. The van der Waals surface area contributed by atoms with Crippen molar-refractivity contribution in [2.75, 3.05) is 92.1 Å². The van der Waals surface area contributed by atoms with Gasteiger partial charge in [-0.25, -0.2) is 0 Å². The van der Waals surface area contributed by atoms with Crippen LogP contribution in [0.2, 0.25) is 0 Å². The van der Waals surface area contributed by atoms with Gasteiger partial charge in [0.1, 0.15) is 13.2 Å². The summed E-state index contributed by atoms with van der Waals surface area (Å²) >= 11 is 0. The second-order valence-corrected chi connectivity index (χ2v) is 17.0. The molecule has 6 amide bonds. The van der Waals surface area contributed by atoms with Gasteiger partial charge in [-0.05, 0) is 38.0 Å². The van der Waals surface area contributed by atoms with E-state index in [-0.39, 0.29) is 88.1 Å². The molecule has 0 rings (SSSR count). The molecule has 0 spiro atoms. The monoisotopic (exact) mass is 913 g/mol. The molecule has 0 aliphatic rings. The molecular formula is C48H92N6O10. The molecule has 64 heavy (non-hydrogen) atoms. The fourth-order valence-corrected chi connectivity index (χ4v) is 6.54. The first-order chi connectivity index (χ1) is 31.1. The summed E-state index contributed by atoms with van der Waals surface area (Å²) in [5.74, 6) is 0.139. The molecular weight excluding hydrogens is 821 g/mol. The Kier molecular flexibility index (Phi) is 45.1. The normalized spacial score (nSPS) is 11.1. The van der Waals surface area contributed by atoms with Crippen LogP contribution in [0.25, 0.3) is 0 Å². The molecule has 0 aliphatic carbocycles. The van der Waals surface area contributed by atoms with E-state index in [0.717, 1.165) is 31.6 Å². The van der Waals surface area contributed by atoms with Crippen LogP contribution in [0.4, 0.5) is 0 Å². The first kappa shape index (κ1) is 60.7. The molecule has 0 radical (unpaired) electrons. The number of carbonyl (C=O) groups excluding carboxylic acids is 6. The summed E-state index contributed by atoms with van der Waals surface area (Å²) in [5.41, 5.74) is 0. The topological polar surface area (TPSA) is 212 Å². The molecule has 0 aromatic rings. The van der Waals surface area contributed by atoms with Crippen LogP contribution >= 0.6 is 0 Å². The fraction of sp³-hybridized carbons (Fsp3) is 0.875. The van der Waals surface area contributed by atoms with Crippen molar-refractivity contribution in [2.45, 2.75) is 175 Å². The van der Waals surface area contributed by atoms with E-state index in [9.17, 15) is 28.8 Å². The highest BCUT2D eigenvalue weighted by atomic mass is 16.5. The maximum Gasteiger partial charge on any atom is 0.246 e. The molecule has 16 nitrogen and oxygen atoms in total. The summed E-state index contributed by atoms with van der Waals surface area (Å²) in [6.45, 7) is 10.7. The predicted molar refractivity (Wildman–Crippen MR) is 253 cm³/mol. The first-order valence-electron chi connectivity index (χ1n) is 25.0. The number of hydrogen-bond acceptors (Lipinski definition) is 10. The van der Waals surface area contributed by atoms with Gasteiger partial charge in [-0.15, -0.1) is 0 Å². The Morgan fingerprint density at radius 2 is 0.625 bits per heavy atom. The molecule has 16 heteroatoms. The van der Waals surface area contributed by atoms with E-state index in [4.69, 9.17) is 18.9 Å². The molecule has 0 unspecified atom stereocenters. The Morgan fingerprint density at radius 3 is 1.02 bits per heavy atom. The van der Waals surface area contributed by atoms with Crippen LogP contribution in [-0.4, -0.2) is 128 Å². The maximum absolute atomic E-state index is 12.1. The van der Waals surface area contributed by atoms with Gasteiger partial charge in [-0.1, -0.05) is 117 Å². The van der Waals surface area contributed by atoms with Crippen LogP contribution in [0.1, 0.15) is 175 Å². The zero-order valence-corrected chi connectivity index (χ0v) is 40.5. The lowest BCUT2D eigenvalue weighted by Crippen LogP contribution is -2.32. The molecule has 0 saturated carbocycles. The Morgan fingerprint density at radius 1 is 0.328 bits per heavy atom. The van der Waals surface area contributed by atoms with Gasteiger partial charge >= 0.3 is 0 Å². The van der Waals surface area contributed by atoms with Crippen molar-refractivity contribution in [1.82, 2.24) is 31.9 Å². The van der Waals surface area contributed by atoms with E-state index < -0.39 is 0 Å². The maximum atomic E-state index is 12.1. The molecule has 6 N–H and O–H groups in total. The summed E-state index contributed by atoms with van der Waals surface area (Å²) in [6, 6.07) is 0. The van der Waals surface area contributed by atoms with E-state index in [1.54, 1.807) is 0 Å². The Hall–Kier alpha value is -3.34. The standard InChI is InChI=1S/C48H92N6O10/c1-4-5-28-49-44(56)26-22-31-52-47(59)40-63-38-37-62-35-33-54-48(60)41-64-39-36-61-34-32-53-46(58)27-21-30-51-45(57)25-20-29-50-43(55)24-19-17-15-13-11-9-7-6-8-10-12-14-16-18-23-42(2)3/h42H,4-41H2,1-3H3,(H,49,56)(H,50,55)(H,51,57)(H,52,59)(H,53,58)(H,54,60). The molecule has 0 atom stereocenters. The lowest BCUT2D eigenvalue weighted by atomic mass is 10.0. The van der Waals surface area contributed by atoms with Gasteiger partial charge in [-0.3, -0.25) is 28.8 Å². The van der Waals surface area contributed by atoms with E-state index in [2.05, 4.69) is 52.7 Å². The third-order valence-corrected chi connectivity index (χ3v) is 10.3. The van der Waals surface area contributed by atoms with E-state index in [1.165, 1.54) is 83.5 Å². The van der Waals surface area contributed by atoms with Gasteiger partial charge in [0.05, 0.1) is 39.6 Å². The van der Waals surface area contributed by atoms with Crippen LogP contribution in [-0.2, 0) is 47.7 Å². The lowest BCUT2D eigenvalue weighted by Gasteiger charge is -2.09. The van der Waals surface area contributed by atoms with Crippen LogP contribution in [0.15, 0.2) is 0 Å².